The molecule has 2 heterocycles. The van der Waals surface area contributed by atoms with Gasteiger partial charge >= 0.3 is 0 Å². The van der Waals surface area contributed by atoms with E-state index >= 15 is 0 Å². The average Bonchev–Trinajstić information content (AvgIpc) is 2.53. The van der Waals surface area contributed by atoms with Crippen LogP contribution in [0, 0.1) is 5.92 Å². The second-order valence-corrected chi connectivity index (χ2v) is 3.66. The Bertz CT molecular complexity index is 295. The monoisotopic (exact) mass is 199 g/mol. The van der Waals surface area contributed by atoms with Crippen LogP contribution in [0.15, 0.2) is 5.38 Å². The summed E-state index contributed by atoms with van der Waals surface area (Å²) in [4.78, 5) is 13.2. The van der Waals surface area contributed by atoms with Crippen LogP contribution in [0.1, 0.15) is 10.5 Å². The van der Waals surface area contributed by atoms with Crippen LogP contribution in [0.3, 0.4) is 0 Å². The van der Waals surface area contributed by atoms with Crippen molar-refractivity contribution in [3.63, 3.8) is 0 Å². The number of nitrogens with zero attached hydrogens (tertiary/aromatic N) is 3. The van der Waals surface area contributed by atoms with Gasteiger partial charge in [-0.2, -0.15) is 0 Å². The Morgan fingerprint density at radius 3 is 3.08 bits per heavy atom. The Hall–Kier alpha value is -1.01. The van der Waals surface area contributed by atoms with Gasteiger partial charge < -0.3 is 10.0 Å². The summed E-state index contributed by atoms with van der Waals surface area (Å²) in [6, 6.07) is 0. The Morgan fingerprint density at radius 1 is 1.77 bits per heavy atom. The van der Waals surface area contributed by atoms with E-state index in [0.717, 1.165) is 0 Å². The van der Waals surface area contributed by atoms with E-state index in [1.54, 1.807) is 10.3 Å². The van der Waals surface area contributed by atoms with Crippen molar-refractivity contribution in [2.75, 3.05) is 19.7 Å². The van der Waals surface area contributed by atoms with Gasteiger partial charge in [0.2, 0.25) is 0 Å². The molecule has 0 aromatic carbocycles. The molecule has 0 unspecified atom stereocenters. The molecule has 0 saturated carbocycles. The highest BCUT2D eigenvalue weighted by atomic mass is 32.1. The van der Waals surface area contributed by atoms with Gasteiger partial charge in [0.25, 0.3) is 5.91 Å². The number of amides is 1. The lowest BCUT2D eigenvalue weighted by Gasteiger charge is -2.37. The van der Waals surface area contributed by atoms with Gasteiger partial charge in [-0.15, -0.1) is 5.10 Å². The normalized spacial score (nSPS) is 17.2. The molecule has 1 aromatic rings. The van der Waals surface area contributed by atoms with Crippen LogP contribution in [-0.2, 0) is 0 Å². The zero-order chi connectivity index (χ0) is 9.26. The molecule has 1 N–H and O–H groups in total. The van der Waals surface area contributed by atoms with Crippen molar-refractivity contribution in [2.45, 2.75) is 0 Å². The Kier molecular flexibility index (Phi) is 2.24. The SMILES string of the molecule is O=C(c1csnn1)N1CC(CO)C1. The summed E-state index contributed by atoms with van der Waals surface area (Å²) in [5, 5.41) is 14.1. The topological polar surface area (TPSA) is 66.3 Å². The van der Waals surface area contributed by atoms with Crippen molar-refractivity contribution < 1.29 is 9.90 Å². The number of hydrogen-bond donors (Lipinski definition) is 1. The molecule has 1 aliphatic rings. The first kappa shape index (κ1) is 8.58. The summed E-state index contributed by atoms with van der Waals surface area (Å²) >= 11 is 1.17. The lowest BCUT2D eigenvalue weighted by Crippen LogP contribution is -2.51. The Morgan fingerprint density at radius 2 is 2.54 bits per heavy atom. The van der Waals surface area contributed by atoms with Crippen LogP contribution >= 0.6 is 11.5 Å². The molecule has 13 heavy (non-hydrogen) atoms. The molecule has 0 spiro atoms. The van der Waals surface area contributed by atoms with E-state index < -0.39 is 0 Å². The van der Waals surface area contributed by atoms with Crippen LogP contribution < -0.4 is 0 Å². The van der Waals surface area contributed by atoms with Gasteiger partial charge in [0.05, 0.1) is 0 Å². The fourth-order valence-electron chi connectivity index (χ4n) is 1.27. The van der Waals surface area contributed by atoms with Gasteiger partial charge in [-0.3, -0.25) is 4.79 Å². The van der Waals surface area contributed by atoms with E-state index in [0.29, 0.717) is 18.8 Å². The number of aromatic nitrogens is 2. The van der Waals surface area contributed by atoms with Crippen molar-refractivity contribution >= 4 is 17.4 Å². The standard InChI is InChI=1S/C7H9N3O2S/c11-3-5-1-10(2-5)7(12)6-4-13-9-8-6/h4-5,11H,1-3H2. The fraction of sp³-hybridized carbons (Fsp3) is 0.571. The van der Waals surface area contributed by atoms with Gasteiger partial charge in [0, 0.05) is 31.0 Å². The summed E-state index contributed by atoms with van der Waals surface area (Å²) in [5.41, 5.74) is 0.404. The first-order valence-corrected chi connectivity index (χ1v) is 4.82. The number of carbonyl (C=O) groups is 1. The minimum Gasteiger partial charge on any atom is -0.396 e. The highest BCUT2D eigenvalue weighted by Gasteiger charge is 2.31. The zero-order valence-electron chi connectivity index (χ0n) is 6.88. The predicted octanol–water partition coefficient (Wildman–Crippen LogP) is -0.398. The minimum atomic E-state index is -0.0848. The van der Waals surface area contributed by atoms with E-state index in [4.69, 9.17) is 5.11 Å². The molecule has 5 nitrogen and oxygen atoms in total. The largest absolute Gasteiger partial charge is 0.396 e. The summed E-state index contributed by atoms with van der Waals surface area (Å²) in [7, 11) is 0. The lowest BCUT2D eigenvalue weighted by molar-refractivity contribution is 0.0356. The van der Waals surface area contributed by atoms with Crippen molar-refractivity contribution in [1.82, 2.24) is 14.5 Å². The highest BCUT2D eigenvalue weighted by molar-refractivity contribution is 7.03. The van der Waals surface area contributed by atoms with Gasteiger partial charge in [-0.05, 0) is 11.5 Å². The number of rotatable bonds is 2. The van der Waals surface area contributed by atoms with Gasteiger partial charge in [-0.25, -0.2) is 0 Å². The zero-order valence-corrected chi connectivity index (χ0v) is 7.70. The Labute approximate surface area is 79.2 Å². The van der Waals surface area contributed by atoms with E-state index in [-0.39, 0.29) is 18.4 Å². The van der Waals surface area contributed by atoms with Crippen molar-refractivity contribution in [3.8, 4) is 0 Å². The average molecular weight is 199 g/mol. The highest BCUT2D eigenvalue weighted by Crippen LogP contribution is 2.17. The van der Waals surface area contributed by atoms with Crippen molar-refractivity contribution in [2.24, 2.45) is 5.92 Å². The van der Waals surface area contributed by atoms with Gasteiger partial charge in [-0.1, -0.05) is 4.49 Å². The van der Waals surface area contributed by atoms with Crippen molar-refractivity contribution in [1.29, 1.82) is 0 Å². The van der Waals surface area contributed by atoms with Crippen LogP contribution in [0.25, 0.3) is 0 Å². The molecule has 1 amide bonds. The van der Waals surface area contributed by atoms with E-state index in [2.05, 4.69) is 9.59 Å². The van der Waals surface area contributed by atoms with E-state index in [9.17, 15) is 4.79 Å². The molecule has 70 valence electrons. The third-order valence-electron chi connectivity index (χ3n) is 2.08. The number of carbonyl (C=O) groups excluding carboxylic acids is 1. The Balaban J connectivity index is 1.94. The quantitative estimate of drug-likeness (QED) is 0.704. The smallest absolute Gasteiger partial charge is 0.275 e. The maximum Gasteiger partial charge on any atom is 0.275 e. The summed E-state index contributed by atoms with van der Waals surface area (Å²) in [6.07, 6.45) is 0. The van der Waals surface area contributed by atoms with Gasteiger partial charge in [0.15, 0.2) is 5.69 Å². The number of aliphatic hydroxyl groups is 1. The third kappa shape index (κ3) is 1.54. The third-order valence-corrected chi connectivity index (χ3v) is 2.59. The molecule has 0 radical (unpaired) electrons. The molecule has 1 saturated heterocycles. The lowest BCUT2D eigenvalue weighted by atomic mass is 10.0. The number of likely N-dealkylation sites (tertiary alicyclic amines) is 1. The minimum absolute atomic E-state index is 0.0848. The van der Waals surface area contributed by atoms with Crippen LogP contribution in [0.2, 0.25) is 0 Å². The molecule has 1 aliphatic heterocycles. The maximum atomic E-state index is 11.5. The first-order valence-electron chi connectivity index (χ1n) is 3.98. The summed E-state index contributed by atoms with van der Waals surface area (Å²) in [5.74, 6) is 0.161. The number of aliphatic hydroxyl groups excluding tert-OH is 1. The van der Waals surface area contributed by atoms with E-state index in [1.807, 2.05) is 0 Å². The second kappa shape index (κ2) is 3.39. The maximum absolute atomic E-state index is 11.5. The van der Waals surface area contributed by atoms with Crippen LogP contribution in [-0.4, -0.2) is 45.2 Å². The molecular weight excluding hydrogens is 190 g/mol. The second-order valence-electron chi connectivity index (χ2n) is 3.05. The predicted molar refractivity (Wildman–Crippen MR) is 46.4 cm³/mol. The molecule has 6 heteroatoms. The summed E-state index contributed by atoms with van der Waals surface area (Å²) in [6.45, 7) is 1.42. The molecule has 0 bridgehead atoms. The summed E-state index contributed by atoms with van der Waals surface area (Å²) < 4.78 is 3.62. The molecule has 1 aromatic heterocycles. The number of hydrogen-bond acceptors (Lipinski definition) is 5. The molecular formula is C7H9N3O2S. The molecule has 0 aliphatic carbocycles. The van der Waals surface area contributed by atoms with Crippen molar-refractivity contribution in [3.05, 3.63) is 11.1 Å². The van der Waals surface area contributed by atoms with Gasteiger partial charge in [0.1, 0.15) is 0 Å². The van der Waals surface area contributed by atoms with Crippen LogP contribution in [0.4, 0.5) is 0 Å². The molecule has 0 atom stereocenters. The van der Waals surface area contributed by atoms with E-state index in [1.165, 1.54) is 11.5 Å². The van der Waals surface area contributed by atoms with Crippen LogP contribution in [0.5, 0.6) is 0 Å². The molecule has 1 fully saturated rings. The first-order chi connectivity index (χ1) is 6.31. The molecule has 2 rings (SSSR count). The fourth-order valence-corrected chi connectivity index (χ4v) is 1.70.